The van der Waals surface area contributed by atoms with Crippen molar-refractivity contribution in [3.05, 3.63) is 28.2 Å². The third kappa shape index (κ3) is 2.94. The zero-order valence-electron chi connectivity index (χ0n) is 9.49. The molecule has 0 aliphatic carbocycles. The maximum absolute atomic E-state index is 11.7. The van der Waals surface area contributed by atoms with Crippen LogP contribution in [0, 0.1) is 0 Å². The van der Waals surface area contributed by atoms with E-state index in [1.165, 1.54) is 11.0 Å². The van der Waals surface area contributed by atoms with E-state index in [2.05, 4.69) is 0 Å². The highest BCUT2D eigenvalue weighted by molar-refractivity contribution is 6.35. The van der Waals surface area contributed by atoms with Gasteiger partial charge in [-0.2, -0.15) is 0 Å². The Morgan fingerprint density at radius 2 is 2.17 bits per heavy atom. The minimum Gasteiger partial charge on any atom is -0.482 e. The van der Waals surface area contributed by atoms with Crippen LogP contribution in [0.4, 0.5) is 0 Å². The lowest BCUT2D eigenvalue weighted by Crippen LogP contribution is -2.35. The Morgan fingerprint density at radius 1 is 1.39 bits per heavy atom. The van der Waals surface area contributed by atoms with Crippen molar-refractivity contribution in [1.82, 2.24) is 4.90 Å². The Bertz CT molecular complexity index is 490. The largest absolute Gasteiger partial charge is 0.482 e. The summed E-state index contributed by atoms with van der Waals surface area (Å²) in [5.74, 6) is -0.115. The second-order valence-corrected chi connectivity index (χ2v) is 4.75. The molecule has 0 atom stereocenters. The maximum atomic E-state index is 11.7. The molecule has 1 aliphatic rings. The fraction of sp³-hybridized carbons (Fsp3) is 0.333. The molecule has 1 aliphatic heterocycles. The van der Waals surface area contributed by atoms with Gasteiger partial charge in [0.1, 0.15) is 5.75 Å². The SMILES string of the molecule is O=C1CCCN1C(=O)COc1ccc(Cl)cc1Cl. The Labute approximate surface area is 114 Å². The predicted molar refractivity (Wildman–Crippen MR) is 67.9 cm³/mol. The van der Waals surface area contributed by atoms with Crippen molar-refractivity contribution in [3.8, 4) is 5.75 Å². The van der Waals surface area contributed by atoms with Gasteiger partial charge in [-0.15, -0.1) is 0 Å². The van der Waals surface area contributed by atoms with Gasteiger partial charge in [-0.25, -0.2) is 0 Å². The first kappa shape index (κ1) is 13.2. The van der Waals surface area contributed by atoms with Crippen LogP contribution in [0.3, 0.4) is 0 Å². The lowest BCUT2D eigenvalue weighted by molar-refractivity contribution is -0.143. The molecule has 0 aromatic heterocycles. The van der Waals surface area contributed by atoms with Crippen LogP contribution in [0.15, 0.2) is 18.2 Å². The number of imide groups is 1. The van der Waals surface area contributed by atoms with E-state index in [9.17, 15) is 9.59 Å². The van der Waals surface area contributed by atoms with Gasteiger partial charge in [0.25, 0.3) is 5.91 Å². The van der Waals surface area contributed by atoms with Gasteiger partial charge in [0.05, 0.1) is 5.02 Å². The molecule has 1 aromatic rings. The second-order valence-electron chi connectivity index (χ2n) is 3.91. The number of hydrogen-bond acceptors (Lipinski definition) is 3. The van der Waals surface area contributed by atoms with Crippen LogP contribution in [-0.4, -0.2) is 29.9 Å². The monoisotopic (exact) mass is 287 g/mol. The number of amides is 2. The van der Waals surface area contributed by atoms with E-state index < -0.39 is 0 Å². The van der Waals surface area contributed by atoms with Crippen molar-refractivity contribution in [2.75, 3.05) is 13.2 Å². The summed E-state index contributed by atoms with van der Waals surface area (Å²) < 4.78 is 5.28. The van der Waals surface area contributed by atoms with Crippen LogP contribution in [-0.2, 0) is 9.59 Å². The molecule has 2 amide bonds. The average Bonchev–Trinajstić information content (AvgIpc) is 2.74. The van der Waals surface area contributed by atoms with Crippen LogP contribution in [0.5, 0.6) is 5.75 Å². The quantitative estimate of drug-likeness (QED) is 0.858. The highest BCUT2D eigenvalue weighted by atomic mass is 35.5. The zero-order valence-corrected chi connectivity index (χ0v) is 11.0. The van der Waals surface area contributed by atoms with E-state index in [1.807, 2.05) is 0 Å². The molecule has 0 spiro atoms. The van der Waals surface area contributed by atoms with Crippen LogP contribution >= 0.6 is 23.2 Å². The van der Waals surface area contributed by atoms with E-state index >= 15 is 0 Å². The van der Waals surface area contributed by atoms with Crippen LogP contribution in [0.1, 0.15) is 12.8 Å². The summed E-state index contributed by atoms with van der Waals surface area (Å²) in [4.78, 5) is 24.3. The number of ether oxygens (including phenoxy) is 1. The number of likely N-dealkylation sites (tertiary alicyclic amines) is 1. The van der Waals surface area contributed by atoms with Crippen molar-refractivity contribution in [3.63, 3.8) is 0 Å². The number of benzene rings is 1. The molecule has 2 rings (SSSR count). The number of carbonyl (C=O) groups excluding carboxylic acids is 2. The molecular formula is C12H11Cl2NO3. The summed E-state index contributed by atoms with van der Waals surface area (Å²) in [6.45, 7) is 0.266. The van der Waals surface area contributed by atoms with Crippen LogP contribution < -0.4 is 4.74 Å². The first-order chi connectivity index (χ1) is 8.58. The Balaban J connectivity index is 1.95. The fourth-order valence-corrected chi connectivity index (χ4v) is 2.18. The average molecular weight is 288 g/mol. The Kier molecular flexibility index (Phi) is 4.09. The van der Waals surface area contributed by atoms with Crippen molar-refractivity contribution in [1.29, 1.82) is 0 Å². The normalized spacial score (nSPS) is 15.0. The van der Waals surface area contributed by atoms with Gasteiger partial charge in [-0.3, -0.25) is 14.5 Å². The Morgan fingerprint density at radius 3 is 2.78 bits per heavy atom. The lowest BCUT2D eigenvalue weighted by atomic mass is 10.3. The third-order valence-corrected chi connectivity index (χ3v) is 3.15. The number of hydrogen-bond donors (Lipinski definition) is 0. The summed E-state index contributed by atoms with van der Waals surface area (Å²) in [5, 5.41) is 0.830. The lowest BCUT2D eigenvalue weighted by Gasteiger charge is -2.14. The molecule has 0 saturated carbocycles. The maximum Gasteiger partial charge on any atom is 0.267 e. The fourth-order valence-electron chi connectivity index (χ4n) is 1.72. The van der Waals surface area contributed by atoms with Crippen molar-refractivity contribution in [2.24, 2.45) is 0 Å². The molecule has 6 heteroatoms. The predicted octanol–water partition coefficient (Wildman–Crippen LogP) is 2.52. The molecular weight excluding hydrogens is 277 g/mol. The van der Waals surface area contributed by atoms with Gasteiger partial charge >= 0.3 is 0 Å². The first-order valence-electron chi connectivity index (χ1n) is 5.49. The molecule has 0 bridgehead atoms. The van der Waals surface area contributed by atoms with Crippen LogP contribution in [0.25, 0.3) is 0 Å². The summed E-state index contributed by atoms with van der Waals surface area (Å²) in [6.07, 6.45) is 1.14. The highest BCUT2D eigenvalue weighted by Gasteiger charge is 2.26. The van der Waals surface area contributed by atoms with Crippen molar-refractivity contribution < 1.29 is 14.3 Å². The topological polar surface area (TPSA) is 46.6 Å². The van der Waals surface area contributed by atoms with E-state index in [-0.39, 0.29) is 18.4 Å². The Hall–Kier alpha value is -1.26. The zero-order chi connectivity index (χ0) is 13.1. The molecule has 96 valence electrons. The third-order valence-electron chi connectivity index (χ3n) is 2.62. The minimum absolute atomic E-state index is 0.147. The van der Waals surface area contributed by atoms with Gasteiger partial charge in [0, 0.05) is 18.0 Å². The molecule has 0 N–H and O–H groups in total. The molecule has 1 aromatic carbocycles. The number of nitrogens with zero attached hydrogens (tertiary/aromatic N) is 1. The van der Waals surface area contributed by atoms with E-state index in [0.29, 0.717) is 35.2 Å². The van der Waals surface area contributed by atoms with Gasteiger partial charge in [0.15, 0.2) is 6.61 Å². The molecule has 18 heavy (non-hydrogen) atoms. The molecule has 4 nitrogen and oxygen atoms in total. The standard InChI is InChI=1S/C12H11Cl2NO3/c13-8-3-4-10(9(14)6-8)18-7-12(17)15-5-1-2-11(15)16/h3-4,6H,1-2,5,7H2. The summed E-state index contributed by atoms with van der Waals surface area (Å²) in [6, 6.07) is 4.74. The van der Waals surface area contributed by atoms with Gasteiger partial charge in [-0.05, 0) is 24.6 Å². The van der Waals surface area contributed by atoms with Crippen molar-refractivity contribution in [2.45, 2.75) is 12.8 Å². The smallest absolute Gasteiger partial charge is 0.267 e. The first-order valence-corrected chi connectivity index (χ1v) is 6.24. The highest BCUT2D eigenvalue weighted by Crippen LogP contribution is 2.27. The number of halogens is 2. The molecule has 1 heterocycles. The molecule has 0 radical (unpaired) electrons. The summed E-state index contributed by atoms with van der Waals surface area (Å²) in [7, 11) is 0. The summed E-state index contributed by atoms with van der Waals surface area (Å²) >= 11 is 11.6. The molecule has 1 fully saturated rings. The summed E-state index contributed by atoms with van der Waals surface area (Å²) in [5.41, 5.74) is 0. The van der Waals surface area contributed by atoms with Gasteiger partial charge in [-0.1, -0.05) is 23.2 Å². The van der Waals surface area contributed by atoms with E-state index in [0.717, 1.165) is 0 Å². The second kappa shape index (κ2) is 5.59. The number of carbonyl (C=O) groups is 2. The molecule has 1 saturated heterocycles. The van der Waals surface area contributed by atoms with E-state index in [1.54, 1.807) is 12.1 Å². The number of rotatable bonds is 3. The minimum atomic E-state index is -0.344. The molecule has 0 unspecified atom stereocenters. The van der Waals surface area contributed by atoms with E-state index in [4.69, 9.17) is 27.9 Å². The van der Waals surface area contributed by atoms with Crippen molar-refractivity contribution >= 4 is 35.0 Å². The van der Waals surface area contributed by atoms with Crippen LogP contribution in [0.2, 0.25) is 10.0 Å². The van der Waals surface area contributed by atoms with Gasteiger partial charge in [0.2, 0.25) is 5.91 Å². The van der Waals surface area contributed by atoms with Gasteiger partial charge < -0.3 is 4.74 Å².